The average molecular weight is 492 g/mol. The van der Waals surface area contributed by atoms with E-state index in [4.69, 9.17) is 14.8 Å². The molecule has 35 heavy (non-hydrogen) atoms. The van der Waals surface area contributed by atoms with Gasteiger partial charge in [-0.05, 0) is 42.0 Å². The Bertz CT molecular complexity index is 1340. The molecule has 1 amide bonds. The molecule has 2 N–H and O–H groups in total. The number of nitrogens with zero attached hydrogens (tertiary/aromatic N) is 2. The largest absolute Gasteiger partial charge is 0.497 e. The number of carbonyl (C=O) groups excluding carboxylic acids is 1. The fourth-order valence-electron chi connectivity index (χ4n) is 3.43. The Labute approximate surface area is 205 Å². The van der Waals surface area contributed by atoms with Gasteiger partial charge in [-0.2, -0.15) is 0 Å². The van der Waals surface area contributed by atoms with Gasteiger partial charge in [0.2, 0.25) is 0 Å². The van der Waals surface area contributed by atoms with Crippen LogP contribution >= 0.6 is 11.3 Å². The van der Waals surface area contributed by atoms with E-state index in [2.05, 4.69) is 5.32 Å². The number of hydrogen-bond donors (Lipinski definition) is 2. The van der Waals surface area contributed by atoms with Gasteiger partial charge in [0.15, 0.2) is 5.13 Å². The van der Waals surface area contributed by atoms with E-state index in [1.165, 1.54) is 17.4 Å². The number of aliphatic carboxylic acids is 1. The molecular weight excluding hydrogens is 469 g/mol. The molecule has 0 atom stereocenters. The number of para-hydroxylation sites is 1. The van der Waals surface area contributed by atoms with Crippen LogP contribution in [-0.2, 0) is 11.3 Å². The van der Waals surface area contributed by atoms with Crippen molar-refractivity contribution in [2.45, 2.75) is 6.54 Å². The molecule has 0 spiro atoms. The number of rotatable bonds is 9. The van der Waals surface area contributed by atoms with E-state index in [1.807, 2.05) is 29.6 Å². The first-order valence-corrected chi connectivity index (χ1v) is 11.5. The number of amides is 1. The number of ether oxygens (including phenoxy) is 1. The number of methoxy groups -OCH3 is 1. The van der Waals surface area contributed by atoms with Crippen LogP contribution in [0.25, 0.3) is 11.3 Å². The number of hydrogen-bond acceptors (Lipinski definition) is 6. The van der Waals surface area contributed by atoms with Gasteiger partial charge in [-0.1, -0.05) is 36.4 Å². The fraction of sp³-hybridized carbons (Fsp3) is 0.115. The van der Waals surface area contributed by atoms with E-state index in [-0.39, 0.29) is 5.82 Å². The van der Waals surface area contributed by atoms with Crippen molar-refractivity contribution in [1.29, 1.82) is 0 Å². The number of halogens is 1. The summed E-state index contributed by atoms with van der Waals surface area (Å²) in [6, 6.07) is 20.8. The Morgan fingerprint density at radius 1 is 1.09 bits per heavy atom. The highest BCUT2D eigenvalue weighted by molar-refractivity contribution is 7.14. The lowest BCUT2D eigenvalue weighted by molar-refractivity contribution is -0.135. The number of thiazole rings is 1. The Kier molecular flexibility index (Phi) is 7.37. The maximum absolute atomic E-state index is 14.8. The fourth-order valence-corrected chi connectivity index (χ4v) is 4.28. The monoisotopic (exact) mass is 491 g/mol. The molecule has 0 saturated carbocycles. The molecule has 4 rings (SSSR count). The van der Waals surface area contributed by atoms with Crippen molar-refractivity contribution in [2.75, 3.05) is 18.6 Å². The number of aromatic nitrogens is 1. The van der Waals surface area contributed by atoms with Crippen molar-refractivity contribution in [3.8, 4) is 17.0 Å². The topological polar surface area (TPSA) is 91.8 Å². The summed E-state index contributed by atoms with van der Waals surface area (Å²) in [6.45, 7) is -0.148. The lowest BCUT2D eigenvalue weighted by Gasteiger charge is -2.23. The molecule has 9 heteroatoms. The first kappa shape index (κ1) is 23.9. The van der Waals surface area contributed by atoms with Crippen LogP contribution in [0.4, 0.5) is 15.2 Å². The lowest BCUT2D eigenvalue weighted by atomic mass is 10.1. The van der Waals surface area contributed by atoms with Crippen LogP contribution in [0.5, 0.6) is 5.75 Å². The van der Waals surface area contributed by atoms with Gasteiger partial charge in [0.1, 0.15) is 18.1 Å². The van der Waals surface area contributed by atoms with E-state index in [9.17, 15) is 14.0 Å². The van der Waals surface area contributed by atoms with Crippen molar-refractivity contribution >= 4 is 34.0 Å². The van der Waals surface area contributed by atoms with E-state index in [1.54, 1.807) is 54.5 Å². The van der Waals surface area contributed by atoms with Crippen molar-refractivity contribution in [2.24, 2.45) is 0 Å². The number of benzene rings is 3. The lowest BCUT2D eigenvalue weighted by Crippen LogP contribution is -2.29. The zero-order valence-electron chi connectivity index (χ0n) is 18.8. The van der Waals surface area contributed by atoms with Gasteiger partial charge in [0.25, 0.3) is 5.91 Å². The van der Waals surface area contributed by atoms with E-state index in [0.29, 0.717) is 22.9 Å². The van der Waals surface area contributed by atoms with Gasteiger partial charge >= 0.3 is 5.97 Å². The Morgan fingerprint density at radius 3 is 2.57 bits per heavy atom. The van der Waals surface area contributed by atoms with E-state index < -0.39 is 18.4 Å². The Morgan fingerprint density at radius 2 is 1.86 bits per heavy atom. The van der Waals surface area contributed by atoms with Gasteiger partial charge in [0, 0.05) is 16.5 Å². The van der Waals surface area contributed by atoms with Crippen LogP contribution in [0.3, 0.4) is 0 Å². The van der Waals surface area contributed by atoms with Crippen LogP contribution in [0.2, 0.25) is 0 Å². The van der Waals surface area contributed by atoms with Gasteiger partial charge in [-0.15, -0.1) is 11.3 Å². The van der Waals surface area contributed by atoms with Crippen LogP contribution < -0.4 is 15.0 Å². The smallest absolute Gasteiger partial charge is 0.322 e. The summed E-state index contributed by atoms with van der Waals surface area (Å²) in [5.74, 6) is -1.26. The summed E-state index contributed by atoms with van der Waals surface area (Å²) in [6.07, 6.45) is 0. The predicted molar refractivity (Wildman–Crippen MR) is 133 cm³/mol. The molecule has 0 unspecified atom stereocenters. The van der Waals surface area contributed by atoms with Crippen molar-refractivity contribution in [3.63, 3.8) is 0 Å². The molecule has 7 nitrogen and oxygen atoms in total. The zero-order chi connectivity index (χ0) is 24.8. The molecular formula is C26H22FN3O4S. The minimum Gasteiger partial charge on any atom is -0.497 e. The van der Waals surface area contributed by atoms with E-state index >= 15 is 0 Å². The second kappa shape index (κ2) is 10.8. The van der Waals surface area contributed by atoms with Crippen molar-refractivity contribution in [1.82, 2.24) is 10.3 Å². The maximum atomic E-state index is 14.8. The van der Waals surface area contributed by atoms with Crippen molar-refractivity contribution in [3.05, 3.63) is 95.1 Å². The van der Waals surface area contributed by atoms with Crippen molar-refractivity contribution < 1.29 is 23.8 Å². The molecule has 1 aromatic heterocycles. The summed E-state index contributed by atoms with van der Waals surface area (Å²) >= 11 is 1.39. The van der Waals surface area contributed by atoms with Gasteiger partial charge in [0.05, 0.1) is 25.0 Å². The molecule has 0 aliphatic heterocycles. The summed E-state index contributed by atoms with van der Waals surface area (Å²) in [5.41, 5.74) is 3.17. The predicted octanol–water partition coefficient (Wildman–Crippen LogP) is 5.11. The third kappa shape index (κ3) is 5.82. The molecule has 178 valence electrons. The molecule has 0 aliphatic carbocycles. The molecule has 0 saturated heterocycles. The van der Waals surface area contributed by atoms with Crippen LogP contribution in [0, 0.1) is 5.82 Å². The SMILES string of the molecule is COc1cccc(-c2csc(N(Cc3ccc(C(=O)NCC(=O)O)cc3)c3ccccc3F)n2)c1. The Balaban J connectivity index is 1.62. The minimum absolute atomic E-state index is 0.309. The summed E-state index contributed by atoms with van der Waals surface area (Å²) in [5, 5.41) is 13.6. The first-order chi connectivity index (χ1) is 16.9. The second-order valence-corrected chi connectivity index (χ2v) is 8.39. The highest BCUT2D eigenvalue weighted by Gasteiger charge is 2.19. The summed E-state index contributed by atoms with van der Waals surface area (Å²) < 4.78 is 20.1. The number of carboxylic acid groups (broad SMARTS) is 1. The van der Waals surface area contributed by atoms with Crippen LogP contribution in [-0.4, -0.2) is 35.6 Å². The standard InChI is InChI=1S/C26H22FN3O4S/c1-34-20-6-4-5-19(13-20)22-16-35-26(29-22)30(23-8-3-2-7-21(23)27)15-17-9-11-18(12-10-17)25(33)28-14-24(31)32/h2-13,16H,14-15H2,1H3,(H,28,33)(H,31,32). The molecule has 0 fully saturated rings. The summed E-state index contributed by atoms with van der Waals surface area (Å²) in [4.78, 5) is 29.3. The minimum atomic E-state index is -1.12. The highest BCUT2D eigenvalue weighted by atomic mass is 32.1. The second-order valence-electron chi connectivity index (χ2n) is 7.56. The molecule has 0 bridgehead atoms. The quantitative estimate of drug-likeness (QED) is 0.338. The van der Waals surface area contributed by atoms with Crippen LogP contribution in [0.1, 0.15) is 15.9 Å². The van der Waals surface area contributed by atoms with Gasteiger partial charge < -0.3 is 20.1 Å². The molecule has 3 aromatic carbocycles. The molecule has 0 aliphatic rings. The molecule has 4 aromatic rings. The molecule has 0 radical (unpaired) electrons. The van der Waals surface area contributed by atoms with Gasteiger partial charge in [-0.3, -0.25) is 9.59 Å². The normalized spacial score (nSPS) is 10.6. The number of carbonyl (C=O) groups is 2. The maximum Gasteiger partial charge on any atom is 0.322 e. The number of nitrogens with one attached hydrogen (secondary N) is 1. The third-order valence-electron chi connectivity index (χ3n) is 5.19. The van der Waals surface area contributed by atoms with Gasteiger partial charge in [-0.25, -0.2) is 9.37 Å². The first-order valence-electron chi connectivity index (χ1n) is 10.7. The molecule has 1 heterocycles. The van der Waals surface area contributed by atoms with Crippen LogP contribution in [0.15, 0.2) is 78.2 Å². The average Bonchev–Trinajstić information content (AvgIpc) is 3.37. The zero-order valence-corrected chi connectivity index (χ0v) is 19.6. The third-order valence-corrected chi connectivity index (χ3v) is 6.05. The highest BCUT2D eigenvalue weighted by Crippen LogP contribution is 2.35. The summed E-state index contributed by atoms with van der Waals surface area (Å²) in [7, 11) is 1.60. The Hall–Kier alpha value is -4.24. The number of anilines is 2. The van der Waals surface area contributed by atoms with E-state index in [0.717, 1.165) is 22.6 Å². The number of carboxylic acids is 1.